The number of hydrogen-bond donors (Lipinski definition) is 3. The number of carbonyl (C=O) groups is 1. The number of nitrogens with two attached hydrogens (primary N) is 1. The number of ether oxygens (including phenoxy) is 2. The highest BCUT2D eigenvalue weighted by molar-refractivity contribution is 5.85. The van der Waals surface area contributed by atoms with Crippen molar-refractivity contribution in [3.8, 4) is 11.5 Å². The van der Waals surface area contributed by atoms with Crippen LogP contribution in [0.25, 0.3) is 0 Å². The molecule has 54 heavy (non-hydrogen) atoms. The molecule has 0 amide bonds. The van der Waals surface area contributed by atoms with Crippen LogP contribution < -0.4 is 15.2 Å². The number of nitrogens with zero attached hydrogens (tertiary/aromatic N) is 2. The number of benzene rings is 2. The summed E-state index contributed by atoms with van der Waals surface area (Å²) in [6.45, 7) is 2.71. The molecule has 1 aliphatic heterocycles. The molecule has 2 aromatic rings. The Bertz CT molecular complexity index is 1440. The van der Waals surface area contributed by atoms with Crippen LogP contribution in [0.1, 0.15) is 113 Å². The molecule has 5 aliphatic rings. The van der Waals surface area contributed by atoms with Crippen LogP contribution in [0.5, 0.6) is 11.5 Å². The van der Waals surface area contributed by atoms with E-state index in [2.05, 4.69) is 49.1 Å². The first-order valence-electron chi connectivity index (χ1n) is 19.8. The number of aliphatic carboxylic acids is 1. The van der Waals surface area contributed by atoms with Crippen molar-refractivity contribution >= 4 is 30.8 Å². The fraction of sp³-hybridized carbons (Fsp3) is 0.698. The van der Waals surface area contributed by atoms with Crippen molar-refractivity contribution in [1.82, 2.24) is 9.80 Å². The molecule has 308 valence electrons. The van der Waals surface area contributed by atoms with Gasteiger partial charge in [-0.05, 0) is 138 Å². The number of rotatable bonds is 8. The van der Waals surface area contributed by atoms with Crippen LogP contribution in [0, 0.1) is 17.3 Å². The highest BCUT2D eigenvalue weighted by atomic mass is 35.5. The fourth-order valence-corrected chi connectivity index (χ4v) is 10.6. The first-order chi connectivity index (χ1) is 24.5. The summed E-state index contributed by atoms with van der Waals surface area (Å²) in [5.41, 5.74) is 9.50. The SMILES string of the molecule is COc1ccc2c(c1)[C@]13CCCC[C@@H]1[C@H](C2)N(C)CC3.COc1cccc([C@@]2(O)CCCC[C@@H]2CN(C)C)c1.Cl.Cl.NCC1(CC(=O)O)CCCCC1.O. The number of hydrogen-bond acceptors (Lipinski definition) is 7. The average molecular weight is 797 g/mol. The van der Waals surface area contributed by atoms with Gasteiger partial charge in [-0.2, -0.15) is 0 Å². The van der Waals surface area contributed by atoms with Gasteiger partial charge in [0.05, 0.1) is 26.2 Å². The summed E-state index contributed by atoms with van der Waals surface area (Å²) in [7, 11) is 9.93. The Morgan fingerprint density at radius 1 is 0.889 bits per heavy atom. The van der Waals surface area contributed by atoms with Gasteiger partial charge >= 0.3 is 5.97 Å². The maximum atomic E-state index is 11.2. The van der Waals surface area contributed by atoms with E-state index in [4.69, 9.17) is 20.3 Å². The Labute approximate surface area is 337 Å². The molecule has 4 aliphatic carbocycles. The van der Waals surface area contributed by atoms with E-state index < -0.39 is 11.6 Å². The summed E-state index contributed by atoms with van der Waals surface area (Å²) in [5.74, 6) is 2.32. The molecular weight excluding hydrogens is 725 g/mol. The number of likely N-dealkylation sites (N-methyl/N-ethyl adjacent to an activating group) is 1. The van der Waals surface area contributed by atoms with Crippen LogP contribution in [-0.2, 0) is 22.2 Å². The minimum Gasteiger partial charge on any atom is -0.497 e. The predicted octanol–water partition coefficient (Wildman–Crippen LogP) is 7.41. The largest absolute Gasteiger partial charge is 0.497 e. The molecule has 1 heterocycles. The van der Waals surface area contributed by atoms with E-state index in [0.29, 0.717) is 17.9 Å². The minimum atomic E-state index is -0.711. The van der Waals surface area contributed by atoms with Gasteiger partial charge in [0.2, 0.25) is 0 Å². The Morgan fingerprint density at radius 2 is 1.54 bits per heavy atom. The second-order valence-corrected chi connectivity index (χ2v) is 16.7. The van der Waals surface area contributed by atoms with Crippen molar-refractivity contribution in [3.05, 3.63) is 59.2 Å². The summed E-state index contributed by atoms with van der Waals surface area (Å²) in [6, 6.07) is 15.5. The number of carboxylic acid groups (broad SMARTS) is 1. The maximum absolute atomic E-state index is 11.2. The van der Waals surface area contributed by atoms with Crippen molar-refractivity contribution in [3.63, 3.8) is 0 Å². The van der Waals surface area contributed by atoms with Gasteiger partial charge in [0.1, 0.15) is 11.5 Å². The molecule has 9 nitrogen and oxygen atoms in total. The molecule has 7 rings (SSSR count). The van der Waals surface area contributed by atoms with E-state index in [0.717, 1.165) is 80.5 Å². The molecule has 2 bridgehead atoms. The van der Waals surface area contributed by atoms with Crippen molar-refractivity contribution in [1.29, 1.82) is 0 Å². The molecule has 2 aromatic carbocycles. The van der Waals surface area contributed by atoms with Gasteiger partial charge < -0.3 is 40.7 Å². The number of piperidine rings is 1. The zero-order valence-electron chi connectivity index (χ0n) is 33.6. The molecule has 4 fully saturated rings. The smallest absolute Gasteiger partial charge is 0.303 e. The number of carboxylic acids is 1. The van der Waals surface area contributed by atoms with Crippen molar-refractivity contribution in [2.24, 2.45) is 23.0 Å². The quantitative estimate of drug-likeness (QED) is 0.251. The summed E-state index contributed by atoms with van der Waals surface area (Å²) in [6.07, 6.45) is 18.2. The Balaban J connectivity index is 0.000000281. The first-order valence-corrected chi connectivity index (χ1v) is 19.8. The number of aliphatic hydroxyl groups is 1. The van der Waals surface area contributed by atoms with Gasteiger partial charge in [0.25, 0.3) is 0 Å². The van der Waals surface area contributed by atoms with Crippen molar-refractivity contribution < 1.29 is 30.0 Å². The van der Waals surface area contributed by atoms with Gasteiger partial charge in [-0.1, -0.05) is 63.1 Å². The molecule has 5 atom stereocenters. The third kappa shape index (κ3) is 10.8. The Hall–Kier alpha value is -2.11. The second kappa shape index (κ2) is 21.4. The van der Waals surface area contributed by atoms with E-state index in [1.54, 1.807) is 25.3 Å². The van der Waals surface area contributed by atoms with E-state index in [-0.39, 0.29) is 42.1 Å². The molecule has 0 spiro atoms. The van der Waals surface area contributed by atoms with Gasteiger partial charge in [-0.25, -0.2) is 0 Å². The maximum Gasteiger partial charge on any atom is 0.303 e. The number of fused-ring (bicyclic) bond motifs is 1. The summed E-state index contributed by atoms with van der Waals surface area (Å²) >= 11 is 0. The molecule has 0 aromatic heterocycles. The van der Waals surface area contributed by atoms with E-state index >= 15 is 0 Å². The van der Waals surface area contributed by atoms with E-state index in [9.17, 15) is 9.90 Å². The topological polar surface area (TPSA) is 140 Å². The van der Waals surface area contributed by atoms with Gasteiger partial charge in [0, 0.05) is 23.9 Å². The van der Waals surface area contributed by atoms with Gasteiger partial charge in [-0.15, -0.1) is 24.8 Å². The lowest BCUT2D eigenvalue weighted by molar-refractivity contribution is -0.140. The van der Waals surface area contributed by atoms with Crippen LogP contribution in [0.3, 0.4) is 0 Å². The predicted molar refractivity (Wildman–Crippen MR) is 224 cm³/mol. The minimum absolute atomic E-state index is 0. The van der Waals surface area contributed by atoms with Crippen LogP contribution in [-0.4, -0.2) is 92.5 Å². The second-order valence-electron chi connectivity index (χ2n) is 16.7. The fourth-order valence-electron chi connectivity index (χ4n) is 10.6. The van der Waals surface area contributed by atoms with Crippen LogP contribution in [0.2, 0.25) is 0 Å². The normalized spacial score (nSPS) is 28.0. The summed E-state index contributed by atoms with van der Waals surface area (Å²) in [4.78, 5) is 15.4. The van der Waals surface area contributed by atoms with Crippen LogP contribution in [0.15, 0.2) is 42.5 Å². The Kier molecular flexibility index (Phi) is 19.1. The third-order valence-corrected chi connectivity index (χ3v) is 13.4. The molecule has 11 heteroatoms. The van der Waals surface area contributed by atoms with E-state index in [1.807, 2.05) is 24.3 Å². The van der Waals surface area contributed by atoms with Gasteiger partial charge in [-0.3, -0.25) is 4.79 Å². The summed E-state index contributed by atoms with van der Waals surface area (Å²) in [5, 5.41) is 19.9. The summed E-state index contributed by atoms with van der Waals surface area (Å²) < 4.78 is 10.8. The lowest BCUT2D eigenvalue weighted by Gasteiger charge is -2.58. The highest BCUT2D eigenvalue weighted by Crippen LogP contribution is 2.56. The number of likely N-dealkylation sites (tertiary alicyclic amines) is 1. The van der Waals surface area contributed by atoms with Crippen LogP contribution >= 0.6 is 24.8 Å². The monoisotopic (exact) mass is 795 g/mol. The lowest BCUT2D eigenvalue weighted by atomic mass is 9.52. The van der Waals surface area contributed by atoms with Crippen molar-refractivity contribution in [2.75, 3.05) is 55.0 Å². The zero-order valence-corrected chi connectivity index (χ0v) is 35.2. The molecule has 0 radical (unpaired) electrons. The standard InChI is InChI=1S/C18H25NO.C16H25NO2.C9H17NO2.2ClH.H2O/c1-19-10-9-18-8-4-3-5-15(18)17(19)11-13-6-7-14(20-2)12-16(13)18;1-17(2)12-14-7-4-5-10-16(14,18)13-8-6-9-15(11-13)19-3;10-7-9(6-8(11)12)4-2-1-3-5-9;;;/h6-7,12,15,17H,3-5,8-11H2,1-2H3;6,8-9,11,14,18H,4-5,7,10,12H2,1-3H3;1-7,10H2,(H,11,12);2*1H;1H2/t15-,17+,18+;14-,16+;;;;/m11..../s1. The van der Waals surface area contributed by atoms with E-state index in [1.165, 1.54) is 57.9 Å². The molecule has 0 unspecified atom stereocenters. The third-order valence-electron chi connectivity index (χ3n) is 13.4. The molecule has 1 saturated heterocycles. The number of methoxy groups -OCH3 is 2. The number of halogens is 2. The highest BCUT2D eigenvalue weighted by Gasteiger charge is 2.53. The van der Waals surface area contributed by atoms with Gasteiger partial charge in [0.15, 0.2) is 0 Å². The lowest BCUT2D eigenvalue weighted by Crippen LogP contribution is -2.59. The molecule has 6 N–H and O–H groups in total. The zero-order chi connectivity index (χ0) is 36.6. The van der Waals surface area contributed by atoms with Crippen molar-refractivity contribution in [2.45, 2.75) is 120 Å². The Morgan fingerprint density at radius 3 is 2.19 bits per heavy atom. The van der Waals surface area contributed by atoms with Crippen LogP contribution in [0.4, 0.5) is 0 Å². The molecular formula is C43H71Cl2N3O6. The molecule has 3 saturated carbocycles. The first kappa shape index (κ1) is 48.0. The average Bonchev–Trinajstić information content (AvgIpc) is 3.14.